The van der Waals surface area contributed by atoms with Gasteiger partial charge in [0, 0.05) is 11.6 Å². The Morgan fingerprint density at radius 3 is 2.54 bits per heavy atom. The molecule has 6 heteroatoms. The molecule has 0 saturated heterocycles. The number of nitrogens with zero attached hydrogens (tertiary/aromatic N) is 3. The lowest BCUT2D eigenvalue weighted by Gasteiger charge is -2.14. The van der Waals surface area contributed by atoms with Gasteiger partial charge in [-0.15, -0.1) is 10.2 Å². The average molecular weight is 393 g/mol. The molecule has 5 nitrogen and oxygen atoms in total. The highest BCUT2D eigenvalue weighted by atomic mass is 32.2. The van der Waals surface area contributed by atoms with Crippen molar-refractivity contribution in [2.75, 3.05) is 5.75 Å². The molecule has 1 amide bonds. The van der Waals surface area contributed by atoms with E-state index in [9.17, 15) is 4.79 Å². The van der Waals surface area contributed by atoms with Crippen molar-refractivity contribution in [2.45, 2.75) is 43.8 Å². The van der Waals surface area contributed by atoms with Crippen LogP contribution in [0.4, 0.5) is 0 Å². The molecule has 1 N–H and O–H groups in total. The van der Waals surface area contributed by atoms with Crippen LogP contribution in [-0.4, -0.2) is 32.5 Å². The predicted octanol–water partition coefficient (Wildman–Crippen LogP) is 4.39. The molecule has 144 valence electrons. The number of nitrogens with one attached hydrogen (secondary N) is 1. The van der Waals surface area contributed by atoms with Crippen LogP contribution in [-0.2, 0) is 4.79 Å². The number of rotatable bonds is 6. The smallest absolute Gasteiger partial charge is 0.230 e. The lowest BCUT2D eigenvalue weighted by molar-refractivity contribution is -0.119. The van der Waals surface area contributed by atoms with Crippen LogP contribution in [0.2, 0.25) is 0 Å². The molecule has 1 aliphatic rings. The highest BCUT2D eigenvalue weighted by Crippen LogP contribution is 2.29. The maximum Gasteiger partial charge on any atom is 0.230 e. The third kappa shape index (κ3) is 4.12. The molecule has 1 heterocycles. The summed E-state index contributed by atoms with van der Waals surface area (Å²) in [6.07, 6.45) is 4.60. The molecule has 0 radical (unpaired) electrons. The van der Waals surface area contributed by atoms with Gasteiger partial charge in [-0.1, -0.05) is 73.1 Å². The van der Waals surface area contributed by atoms with Crippen LogP contribution in [0.5, 0.6) is 0 Å². The molecule has 1 saturated carbocycles. The number of benzene rings is 2. The molecule has 2 aromatic carbocycles. The number of carbonyl (C=O) groups excluding carboxylic acids is 1. The minimum atomic E-state index is 0.0671. The summed E-state index contributed by atoms with van der Waals surface area (Å²) >= 11 is 1.43. The largest absolute Gasteiger partial charge is 0.353 e. The van der Waals surface area contributed by atoms with Gasteiger partial charge in [-0.25, -0.2) is 0 Å². The van der Waals surface area contributed by atoms with Gasteiger partial charge in [-0.2, -0.15) is 0 Å². The van der Waals surface area contributed by atoms with Gasteiger partial charge in [0.05, 0.1) is 11.4 Å². The van der Waals surface area contributed by atoms with E-state index in [1.807, 2.05) is 42.5 Å². The van der Waals surface area contributed by atoms with Crippen LogP contribution in [0.15, 0.2) is 59.8 Å². The highest BCUT2D eigenvalue weighted by molar-refractivity contribution is 7.99. The van der Waals surface area contributed by atoms with E-state index in [2.05, 4.69) is 39.1 Å². The molecule has 0 aliphatic heterocycles. The maximum absolute atomic E-state index is 12.4. The fourth-order valence-electron chi connectivity index (χ4n) is 3.64. The number of aromatic nitrogens is 3. The minimum absolute atomic E-state index is 0.0671. The van der Waals surface area contributed by atoms with Crippen molar-refractivity contribution in [3.05, 3.63) is 60.2 Å². The SMILES string of the molecule is Cc1ccccc1-n1c(SCC(=O)NC2CCCC2)nnc1-c1ccccc1. The number of carbonyl (C=O) groups is 1. The molecule has 1 aromatic heterocycles. The van der Waals surface area contributed by atoms with E-state index in [0.717, 1.165) is 40.6 Å². The van der Waals surface area contributed by atoms with E-state index in [4.69, 9.17) is 0 Å². The number of hydrogen-bond acceptors (Lipinski definition) is 4. The molecule has 1 fully saturated rings. The van der Waals surface area contributed by atoms with Gasteiger partial charge in [0.1, 0.15) is 0 Å². The summed E-state index contributed by atoms with van der Waals surface area (Å²) in [5, 5.41) is 12.7. The second-order valence-corrected chi connectivity index (χ2v) is 8.07. The summed E-state index contributed by atoms with van der Waals surface area (Å²) in [6, 6.07) is 18.5. The molecule has 0 spiro atoms. The van der Waals surface area contributed by atoms with E-state index in [-0.39, 0.29) is 5.91 Å². The zero-order chi connectivity index (χ0) is 19.3. The van der Waals surface area contributed by atoms with Gasteiger partial charge in [-0.05, 0) is 31.4 Å². The Morgan fingerprint density at radius 1 is 1.07 bits per heavy atom. The predicted molar refractivity (Wildman–Crippen MR) is 113 cm³/mol. The van der Waals surface area contributed by atoms with Gasteiger partial charge in [0.2, 0.25) is 5.91 Å². The Labute approximate surface area is 169 Å². The van der Waals surface area contributed by atoms with Crippen molar-refractivity contribution in [3.63, 3.8) is 0 Å². The van der Waals surface area contributed by atoms with Crippen LogP contribution in [0.3, 0.4) is 0 Å². The summed E-state index contributed by atoms with van der Waals surface area (Å²) in [6.45, 7) is 2.07. The Morgan fingerprint density at radius 2 is 1.79 bits per heavy atom. The minimum Gasteiger partial charge on any atom is -0.353 e. The molecule has 0 atom stereocenters. The quantitative estimate of drug-likeness (QED) is 0.632. The molecule has 3 aromatic rings. The van der Waals surface area contributed by atoms with Gasteiger partial charge >= 0.3 is 0 Å². The second kappa shape index (κ2) is 8.61. The van der Waals surface area contributed by atoms with Crippen LogP contribution in [0.25, 0.3) is 17.1 Å². The molecule has 1 aliphatic carbocycles. The molecule has 0 unspecified atom stereocenters. The first-order chi connectivity index (χ1) is 13.7. The Kier molecular flexibility index (Phi) is 5.76. The Balaban J connectivity index is 1.61. The fraction of sp³-hybridized carbons (Fsp3) is 0.318. The fourth-order valence-corrected chi connectivity index (χ4v) is 4.39. The lowest BCUT2D eigenvalue weighted by atomic mass is 10.1. The third-order valence-corrected chi connectivity index (χ3v) is 6.00. The Hall–Kier alpha value is -2.60. The molecular formula is C22H24N4OS. The van der Waals surface area contributed by atoms with E-state index in [1.54, 1.807) is 0 Å². The van der Waals surface area contributed by atoms with E-state index in [1.165, 1.54) is 24.6 Å². The second-order valence-electron chi connectivity index (χ2n) is 7.13. The number of hydrogen-bond donors (Lipinski definition) is 1. The summed E-state index contributed by atoms with van der Waals surface area (Å²) < 4.78 is 2.05. The zero-order valence-electron chi connectivity index (χ0n) is 16.0. The zero-order valence-corrected chi connectivity index (χ0v) is 16.8. The first-order valence-electron chi connectivity index (χ1n) is 9.71. The van der Waals surface area contributed by atoms with Crippen LogP contribution in [0.1, 0.15) is 31.2 Å². The highest BCUT2D eigenvalue weighted by Gasteiger charge is 2.20. The summed E-state index contributed by atoms with van der Waals surface area (Å²) in [7, 11) is 0. The van der Waals surface area contributed by atoms with E-state index < -0.39 is 0 Å². The summed E-state index contributed by atoms with van der Waals surface area (Å²) in [5.74, 6) is 1.20. The van der Waals surface area contributed by atoms with E-state index >= 15 is 0 Å². The van der Waals surface area contributed by atoms with Crippen LogP contribution in [0, 0.1) is 6.92 Å². The van der Waals surface area contributed by atoms with Crippen molar-refractivity contribution in [1.82, 2.24) is 20.1 Å². The van der Waals surface area contributed by atoms with Crippen molar-refractivity contribution in [1.29, 1.82) is 0 Å². The van der Waals surface area contributed by atoms with Gasteiger partial charge < -0.3 is 5.32 Å². The number of para-hydroxylation sites is 1. The monoisotopic (exact) mass is 392 g/mol. The third-order valence-electron chi connectivity index (χ3n) is 5.07. The molecule has 4 rings (SSSR count). The molecular weight excluding hydrogens is 368 g/mol. The molecule has 28 heavy (non-hydrogen) atoms. The first kappa shape index (κ1) is 18.7. The van der Waals surface area contributed by atoms with Gasteiger partial charge in [-0.3, -0.25) is 9.36 Å². The van der Waals surface area contributed by atoms with E-state index in [0.29, 0.717) is 11.8 Å². The molecule has 0 bridgehead atoms. The van der Waals surface area contributed by atoms with Gasteiger partial charge in [0.15, 0.2) is 11.0 Å². The topological polar surface area (TPSA) is 59.8 Å². The van der Waals surface area contributed by atoms with Crippen molar-refractivity contribution < 1.29 is 4.79 Å². The van der Waals surface area contributed by atoms with Crippen molar-refractivity contribution in [3.8, 4) is 17.1 Å². The summed E-state index contributed by atoms with van der Waals surface area (Å²) in [5.41, 5.74) is 3.17. The first-order valence-corrected chi connectivity index (χ1v) is 10.7. The average Bonchev–Trinajstić information content (AvgIpc) is 3.37. The maximum atomic E-state index is 12.4. The number of thioether (sulfide) groups is 1. The standard InChI is InChI=1S/C22H24N4OS/c1-16-9-5-8-14-19(16)26-21(17-10-3-2-4-11-17)24-25-22(26)28-15-20(27)23-18-12-6-7-13-18/h2-5,8-11,14,18H,6-7,12-13,15H2,1H3,(H,23,27). The Bertz CT molecular complexity index is 948. The van der Waals surface area contributed by atoms with Crippen molar-refractivity contribution in [2.24, 2.45) is 0 Å². The number of aryl methyl sites for hydroxylation is 1. The normalized spacial score (nSPS) is 14.3. The van der Waals surface area contributed by atoms with Crippen LogP contribution >= 0.6 is 11.8 Å². The lowest BCUT2D eigenvalue weighted by Crippen LogP contribution is -2.33. The van der Waals surface area contributed by atoms with Crippen LogP contribution < -0.4 is 5.32 Å². The van der Waals surface area contributed by atoms with Gasteiger partial charge in [0.25, 0.3) is 0 Å². The number of amides is 1. The van der Waals surface area contributed by atoms with Crippen molar-refractivity contribution >= 4 is 17.7 Å². The summed E-state index contributed by atoms with van der Waals surface area (Å²) in [4.78, 5) is 12.4.